The van der Waals surface area contributed by atoms with Crippen LogP contribution in [0.2, 0.25) is 0 Å². The Morgan fingerprint density at radius 1 is 1.30 bits per heavy atom. The van der Waals surface area contributed by atoms with Gasteiger partial charge in [0.2, 0.25) is 0 Å². The Hall–Kier alpha value is -1.99. The first kappa shape index (κ1) is 14.4. The second-order valence-corrected chi connectivity index (χ2v) is 5.22. The van der Waals surface area contributed by atoms with Crippen LogP contribution in [-0.2, 0) is 0 Å². The molecule has 0 radical (unpaired) electrons. The van der Waals surface area contributed by atoms with E-state index in [1.165, 1.54) is 0 Å². The van der Waals surface area contributed by atoms with Crippen LogP contribution in [0.4, 0.5) is 11.6 Å². The van der Waals surface area contributed by atoms with E-state index < -0.39 is 0 Å². The van der Waals surface area contributed by atoms with E-state index in [0.717, 1.165) is 10.0 Å². The summed E-state index contributed by atoms with van der Waals surface area (Å²) < 4.78 is 0.863. The fourth-order valence-corrected chi connectivity index (χ4v) is 2.17. The first-order valence-electron chi connectivity index (χ1n) is 5.88. The van der Waals surface area contributed by atoms with Crippen molar-refractivity contribution in [2.24, 2.45) is 5.84 Å². The number of nitrogens with zero attached hydrogens (tertiary/aromatic N) is 2. The van der Waals surface area contributed by atoms with Crippen LogP contribution in [-0.4, -0.2) is 15.9 Å². The molecule has 1 amide bonds. The largest absolute Gasteiger partial charge is 0.308 e. The average Bonchev–Trinajstić information content (AvgIpc) is 2.41. The highest BCUT2D eigenvalue weighted by Crippen LogP contribution is 2.18. The number of nitrogens with one attached hydrogen (secondary N) is 2. The monoisotopic (exact) mass is 335 g/mol. The fraction of sp³-hybridized carbons (Fsp3) is 0.154. The Kier molecular flexibility index (Phi) is 4.31. The summed E-state index contributed by atoms with van der Waals surface area (Å²) in [5.74, 6) is 6.02. The lowest BCUT2D eigenvalue weighted by Gasteiger charge is -2.09. The number of anilines is 2. The molecule has 7 heteroatoms. The molecule has 2 aromatic rings. The van der Waals surface area contributed by atoms with Gasteiger partial charge in [0.05, 0.1) is 0 Å². The molecule has 0 aliphatic rings. The first-order chi connectivity index (χ1) is 9.49. The number of carbonyl (C=O) groups excluding carboxylic acids is 1. The summed E-state index contributed by atoms with van der Waals surface area (Å²) in [5.41, 5.74) is 4.47. The fourth-order valence-electron chi connectivity index (χ4n) is 1.72. The number of carbonyl (C=O) groups is 1. The van der Waals surface area contributed by atoms with Crippen molar-refractivity contribution in [3.05, 3.63) is 45.7 Å². The van der Waals surface area contributed by atoms with Gasteiger partial charge in [0.15, 0.2) is 0 Å². The molecule has 0 saturated carbocycles. The van der Waals surface area contributed by atoms with E-state index in [9.17, 15) is 4.79 Å². The summed E-state index contributed by atoms with van der Waals surface area (Å²) in [7, 11) is 0. The van der Waals surface area contributed by atoms with Gasteiger partial charge in [-0.05, 0) is 53.5 Å². The minimum absolute atomic E-state index is 0.259. The van der Waals surface area contributed by atoms with E-state index in [4.69, 9.17) is 5.84 Å². The molecule has 0 saturated heterocycles. The van der Waals surface area contributed by atoms with E-state index in [1.54, 1.807) is 25.3 Å². The number of hydrogen-bond acceptors (Lipinski definition) is 5. The van der Waals surface area contributed by atoms with Gasteiger partial charge in [-0.1, -0.05) is 0 Å². The number of hydrogen-bond donors (Lipinski definition) is 3. The lowest BCUT2D eigenvalue weighted by atomic mass is 10.2. The third-order valence-corrected chi connectivity index (χ3v) is 3.07. The average molecular weight is 336 g/mol. The minimum Gasteiger partial charge on any atom is -0.308 e. The van der Waals surface area contributed by atoms with E-state index in [1.807, 2.05) is 13.0 Å². The predicted molar refractivity (Wildman–Crippen MR) is 81.4 cm³/mol. The molecule has 4 N–H and O–H groups in total. The lowest BCUT2D eigenvalue weighted by molar-refractivity contribution is 0.102. The number of rotatable bonds is 3. The van der Waals surface area contributed by atoms with Gasteiger partial charge in [0.25, 0.3) is 5.91 Å². The van der Waals surface area contributed by atoms with Gasteiger partial charge < -0.3 is 10.7 Å². The van der Waals surface area contributed by atoms with E-state index in [-0.39, 0.29) is 5.91 Å². The molecule has 2 rings (SSSR count). The van der Waals surface area contributed by atoms with Crippen LogP contribution in [0.25, 0.3) is 0 Å². The Bertz CT molecular complexity index is 659. The summed E-state index contributed by atoms with van der Waals surface area (Å²) >= 11 is 3.33. The van der Waals surface area contributed by atoms with Gasteiger partial charge in [0.1, 0.15) is 11.6 Å². The number of amides is 1. The highest BCUT2D eigenvalue weighted by Gasteiger charge is 2.11. The van der Waals surface area contributed by atoms with Crippen molar-refractivity contribution in [2.75, 3.05) is 10.7 Å². The summed E-state index contributed by atoms with van der Waals surface area (Å²) in [6.45, 7) is 3.67. The van der Waals surface area contributed by atoms with Crippen molar-refractivity contribution in [1.82, 2.24) is 9.97 Å². The van der Waals surface area contributed by atoms with Gasteiger partial charge in [-0.25, -0.2) is 15.8 Å². The van der Waals surface area contributed by atoms with Crippen LogP contribution in [0.1, 0.15) is 21.6 Å². The summed E-state index contributed by atoms with van der Waals surface area (Å²) in [4.78, 5) is 20.5. The molecule has 20 heavy (non-hydrogen) atoms. The van der Waals surface area contributed by atoms with Crippen molar-refractivity contribution in [1.29, 1.82) is 0 Å². The van der Waals surface area contributed by atoms with Crippen LogP contribution in [0.5, 0.6) is 0 Å². The number of nitrogen functional groups attached to an aromatic ring is 1. The number of pyridine rings is 2. The quantitative estimate of drug-likeness (QED) is 0.591. The predicted octanol–water partition coefficient (Wildman–Crippen LogP) is 2.39. The van der Waals surface area contributed by atoms with E-state index in [2.05, 4.69) is 36.6 Å². The van der Waals surface area contributed by atoms with Crippen LogP contribution in [0.3, 0.4) is 0 Å². The van der Waals surface area contributed by atoms with Gasteiger partial charge in [-0.2, -0.15) is 0 Å². The standard InChI is InChI=1S/C13H14BrN5O/c1-7-3-10(14)6-16-12(7)18-13(20)9-4-8(2)17-11(5-9)19-15/h3-6H,15H2,1-2H3,(H,17,19)(H,16,18,20). The number of hydrazine groups is 1. The van der Waals surface area contributed by atoms with Crippen molar-refractivity contribution in [3.63, 3.8) is 0 Å². The molecular weight excluding hydrogens is 322 g/mol. The Labute approximate surface area is 124 Å². The highest BCUT2D eigenvalue weighted by atomic mass is 79.9. The van der Waals surface area contributed by atoms with Crippen LogP contribution >= 0.6 is 15.9 Å². The topological polar surface area (TPSA) is 92.9 Å². The smallest absolute Gasteiger partial charge is 0.257 e. The molecule has 0 bridgehead atoms. The lowest BCUT2D eigenvalue weighted by Crippen LogP contribution is -2.16. The van der Waals surface area contributed by atoms with Gasteiger partial charge in [-0.3, -0.25) is 4.79 Å². The van der Waals surface area contributed by atoms with Crippen molar-refractivity contribution in [2.45, 2.75) is 13.8 Å². The molecule has 2 heterocycles. The molecule has 0 aliphatic heterocycles. The zero-order valence-corrected chi connectivity index (χ0v) is 12.7. The van der Waals surface area contributed by atoms with Gasteiger partial charge >= 0.3 is 0 Å². The van der Waals surface area contributed by atoms with Gasteiger partial charge in [0, 0.05) is 21.9 Å². The molecular formula is C13H14BrN5O. The van der Waals surface area contributed by atoms with Crippen LogP contribution < -0.4 is 16.6 Å². The van der Waals surface area contributed by atoms with Crippen molar-refractivity contribution < 1.29 is 4.79 Å². The Morgan fingerprint density at radius 3 is 2.70 bits per heavy atom. The molecule has 0 aromatic carbocycles. The molecule has 104 valence electrons. The summed E-state index contributed by atoms with van der Waals surface area (Å²) in [6.07, 6.45) is 1.63. The third kappa shape index (κ3) is 3.31. The van der Waals surface area contributed by atoms with Crippen molar-refractivity contribution in [3.8, 4) is 0 Å². The number of halogens is 1. The zero-order valence-electron chi connectivity index (χ0n) is 11.1. The number of nitrogens with two attached hydrogens (primary N) is 1. The molecule has 0 aliphatic carbocycles. The molecule has 0 spiro atoms. The maximum Gasteiger partial charge on any atom is 0.257 e. The van der Waals surface area contributed by atoms with Gasteiger partial charge in [-0.15, -0.1) is 0 Å². The molecule has 0 unspecified atom stereocenters. The minimum atomic E-state index is -0.259. The Morgan fingerprint density at radius 2 is 2.05 bits per heavy atom. The molecule has 6 nitrogen and oxygen atoms in total. The first-order valence-corrected chi connectivity index (χ1v) is 6.67. The maximum absolute atomic E-state index is 12.2. The van der Waals surface area contributed by atoms with Crippen LogP contribution in [0.15, 0.2) is 28.9 Å². The molecule has 0 fully saturated rings. The number of aryl methyl sites for hydroxylation is 2. The second kappa shape index (κ2) is 5.98. The molecule has 0 atom stereocenters. The van der Waals surface area contributed by atoms with E-state index >= 15 is 0 Å². The Balaban J connectivity index is 2.26. The van der Waals surface area contributed by atoms with Crippen molar-refractivity contribution >= 4 is 33.5 Å². The number of aromatic nitrogens is 2. The second-order valence-electron chi connectivity index (χ2n) is 4.30. The molecule has 2 aromatic heterocycles. The maximum atomic E-state index is 12.2. The van der Waals surface area contributed by atoms with E-state index in [0.29, 0.717) is 22.9 Å². The summed E-state index contributed by atoms with van der Waals surface area (Å²) in [6, 6.07) is 5.15. The highest BCUT2D eigenvalue weighted by molar-refractivity contribution is 9.10. The normalized spacial score (nSPS) is 10.2. The summed E-state index contributed by atoms with van der Waals surface area (Å²) in [5, 5.41) is 2.76. The van der Waals surface area contributed by atoms with Crippen LogP contribution in [0, 0.1) is 13.8 Å². The third-order valence-electron chi connectivity index (χ3n) is 2.64. The SMILES string of the molecule is Cc1cc(C(=O)Nc2ncc(Br)cc2C)cc(NN)n1. The zero-order chi connectivity index (χ0) is 14.7.